The zero-order chi connectivity index (χ0) is 23.1. The summed E-state index contributed by atoms with van der Waals surface area (Å²) in [6.45, 7) is -0.170. The third-order valence-electron chi connectivity index (χ3n) is 5.65. The Bertz CT molecular complexity index is 1340. The summed E-state index contributed by atoms with van der Waals surface area (Å²) in [5.74, 6) is -1.53. The molecule has 8 nitrogen and oxygen atoms in total. The fraction of sp³-hybridized carbons (Fsp3) is 0.125. The summed E-state index contributed by atoms with van der Waals surface area (Å²) < 4.78 is 13.5. The number of aliphatic hydroxyl groups is 1. The van der Waals surface area contributed by atoms with Gasteiger partial charge >= 0.3 is 0 Å². The van der Waals surface area contributed by atoms with E-state index in [1.54, 1.807) is 36.4 Å². The molecule has 0 saturated heterocycles. The second-order valence-electron chi connectivity index (χ2n) is 7.76. The van der Waals surface area contributed by atoms with Gasteiger partial charge in [0.05, 0.1) is 11.1 Å². The highest BCUT2D eigenvalue weighted by molar-refractivity contribution is 6.35. The second kappa shape index (κ2) is 8.03. The number of aromatic nitrogens is 1. The average molecular weight is 446 g/mol. The van der Waals surface area contributed by atoms with E-state index < -0.39 is 18.3 Å². The van der Waals surface area contributed by atoms with Crippen LogP contribution in [0.2, 0.25) is 0 Å². The first kappa shape index (κ1) is 20.7. The SMILES string of the molecule is O=C(CO)Nc1ccc2c(c1)/C(=C\c1[nH]c3c(c1-c1ccc(F)cc1)C(=O)NCC3)C(=O)N2. The quantitative estimate of drug-likeness (QED) is 0.395. The molecule has 2 aliphatic rings. The molecule has 9 heteroatoms. The molecule has 3 aromatic rings. The number of aromatic amines is 1. The molecule has 5 N–H and O–H groups in total. The molecular weight excluding hydrogens is 427 g/mol. The maximum Gasteiger partial charge on any atom is 0.256 e. The monoisotopic (exact) mass is 446 g/mol. The average Bonchev–Trinajstić information content (AvgIpc) is 3.32. The molecular formula is C24H19FN4O4. The van der Waals surface area contributed by atoms with E-state index in [1.165, 1.54) is 12.1 Å². The Morgan fingerprint density at radius 1 is 1.09 bits per heavy atom. The lowest BCUT2D eigenvalue weighted by molar-refractivity contribution is -0.118. The van der Waals surface area contributed by atoms with Crippen LogP contribution in [0.3, 0.4) is 0 Å². The van der Waals surface area contributed by atoms with Crippen molar-refractivity contribution in [1.29, 1.82) is 0 Å². The lowest BCUT2D eigenvalue weighted by Crippen LogP contribution is -2.31. The molecule has 33 heavy (non-hydrogen) atoms. The Morgan fingerprint density at radius 2 is 1.88 bits per heavy atom. The number of rotatable bonds is 4. The van der Waals surface area contributed by atoms with Crippen molar-refractivity contribution in [2.75, 3.05) is 23.8 Å². The largest absolute Gasteiger partial charge is 0.387 e. The van der Waals surface area contributed by atoms with E-state index in [2.05, 4.69) is 20.9 Å². The van der Waals surface area contributed by atoms with Crippen molar-refractivity contribution in [3.05, 3.63) is 70.8 Å². The van der Waals surface area contributed by atoms with Crippen molar-refractivity contribution in [3.8, 4) is 11.1 Å². The van der Waals surface area contributed by atoms with Crippen molar-refractivity contribution in [2.45, 2.75) is 6.42 Å². The van der Waals surface area contributed by atoms with Crippen LogP contribution in [0.1, 0.15) is 27.3 Å². The molecule has 3 amide bonds. The topological polar surface area (TPSA) is 123 Å². The number of H-pyrrole nitrogens is 1. The van der Waals surface area contributed by atoms with Crippen LogP contribution in [0.5, 0.6) is 0 Å². The summed E-state index contributed by atoms with van der Waals surface area (Å²) in [6, 6.07) is 10.7. The molecule has 5 rings (SSSR count). The first-order valence-corrected chi connectivity index (χ1v) is 10.3. The summed E-state index contributed by atoms with van der Waals surface area (Å²) in [5.41, 5.74) is 4.90. The Balaban J connectivity index is 1.65. The number of hydrogen-bond donors (Lipinski definition) is 5. The summed E-state index contributed by atoms with van der Waals surface area (Å²) in [7, 11) is 0. The third-order valence-corrected chi connectivity index (χ3v) is 5.65. The zero-order valence-electron chi connectivity index (χ0n) is 17.3. The number of benzene rings is 2. The highest BCUT2D eigenvalue weighted by atomic mass is 19.1. The minimum absolute atomic E-state index is 0.234. The van der Waals surface area contributed by atoms with Crippen LogP contribution in [0.4, 0.5) is 15.8 Å². The van der Waals surface area contributed by atoms with E-state index in [-0.39, 0.29) is 11.8 Å². The molecule has 0 saturated carbocycles. The molecule has 0 fully saturated rings. The number of aliphatic hydroxyl groups excluding tert-OH is 1. The first-order valence-electron chi connectivity index (χ1n) is 10.3. The van der Waals surface area contributed by atoms with Gasteiger partial charge in [-0.25, -0.2) is 4.39 Å². The van der Waals surface area contributed by atoms with Gasteiger partial charge in [0, 0.05) is 46.9 Å². The van der Waals surface area contributed by atoms with Gasteiger partial charge in [0.1, 0.15) is 12.4 Å². The Morgan fingerprint density at radius 3 is 2.64 bits per heavy atom. The molecule has 0 bridgehead atoms. The van der Waals surface area contributed by atoms with E-state index in [1.807, 2.05) is 0 Å². The number of anilines is 2. The fourth-order valence-corrected chi connectivity index (χ4v) is 4.18. The number of hydrogen-bond acceptors (Lipinski definition) is 4. The standard InChI is InChI=1S/C24H19FN4O4/c25-13-3-1-12(2-4-13)21-19(28-18-7-8-26-24(33)22(18)21)10-16-15-9-14(27-20(31)11-30)5-6-17(15)29-23(16)32/h1-6,9-10,28,30H,7-8,11H2,(H,26,33)(H,27,31)(H,29,32)/b16-10+. The lowest BCUT2D eigenvalue weighted by Gasteiger charge is -2.14. The van der Waals surface area contributed by atoms with Gasteiger partial charge in [-0.3, -0.25) is 14.4 Å². The molecule has 3 heterocycles. The highest BCUT2D eigenvalue weighted by Crippen LogP contribution is 2.38. The van der Waals surface area contributed by atoms with E-state index in [0.29, 0.717) is 57.9 Å². The fourth-order valence-electron chi connectivity index (χ4n) is 4.18. The van der Waals surface area contributed by atoms with Gasteiger partial charge in [-0.15, -0.1) is 0 Å². The summed E-state index contributed by atoms with van der Waals surface area (Å²) in [4.78, 5) is 40.3. The number of carbonyl (C=O) groups excluding carboxylic acids is 3. The molecule has 2 aliphatic heterocycles. The maximum atomic E-state index is 13.5. The van der Waals surface area contributed by atoms with Gasteiger partial charge in [-0.05, 0) is 42.0 Å². The number of carbonyl (C=O) groups is 3. The van der Waals surface area contributed by atoms with Crippen LogP contribution in [0, 0.1) is 5.82 Å². The van der Waals surface area contributed by atoms with Crippen molar-refractivity contribution >= 4 is 40.7 Å². The minimum Gasteiger partial charge on any atom is -0.387 e. The summed E-state index contributed by atoms with van der Waals surface area (Å²) in [5, 5.41) is 17.2. The van der Waals surface area contributed by atoms with E-state index in [4.69, 9.17) is 5.11 Å². The summed E-state index contributed by atoms with van der Waals surface area (Å²) in [6.07, 6.45) is 2.25. The van der Waals surface area contributed by atoms with Crippen molar-refractivity contribution in [2.24, 2.45) is 0 Å². The van der Waals surface area contributed by atoms with Gasteiger partial charge in [-0.1, -0.05) is 12.1 Å². The molecule has 0 radical (unpaired) electrons. The van der Waals surface area contributed by atoms with Crippen LogP contribution >= 0.6 is 0 Å². The molecule has 0 atom stereocenters. The van der Waals surface area contributed by atoms with E-state index in [9.17, 15) is 18.8 Å². The molecule has 2 aromatic carbocycles. The molecule has 166 valence electrons. The van der Waals surface area contributed by atoms with Gasteiger partial charge in [0.2, 0.25) is 5.91 Å². The van der Waals surface area contributed by atoms with Crippen LogP contribution in [-0.2, 0) is 16.0 Å². The highest BCUT2D eigenvalue weighted by Gasteiger charge is 2.29. The zero-order valence-corrected chi connectivity index (χ0v) is 17.3. The normalized spacial score (nSPS) is 15.6. The van der Waals surface area contributed by atoms with Gasteiger partial charge in [0.15, 0.2) is 0 Å². The Kier molecular flexibility index (Phi) is 5.02. The first-order chi connectivity index (χ1) is 15.9. The smallest absolute Gasteiger partial charge is 0.256 e. The lowest BCUT2D eigenvalue weighted by atomic mass is 9.95. The van der Waals surface area contributed by atoms with Crippen molar-refractivity contribution in [3.63, 3.8) is 0 Å². The second-order valence-corrected chi connectivity index (χ2v) is 7.76. The number of nitrogens with one attached hydrogen (secondary N) is 4. The van der Waals surface area contributed by atoms with Gasteiger partial charge in [0.25, 0.3) is 11.8 Å². The van der Waals surface area contributed by atoms with Crippen molar-refractivity contribution < 1.29 is 23.9 Å². The predicted octanol–water partition coefficient (Wildman–Crippen LogP) is 2.53. The van der Waals surface area contributed by atoms with E-state index >= 15 is 0 Å². The van der Waals surface area contributed by atoms with Crippen LogP contribution in [-0.4, -0.2) is 41.0 Å². The number of amides is 3. The number of halogens is 1. The maximum absolute atomic E-state index is 13.5. The van der Waals surface area contributed by atoms with Crippen LogP contribution in [0.15, 0.2) is 42.5 Å². The van der Waals surface area contributed by atoms with Crippen LogP contribution in [0.25, 0.3) is 22.8 Å². The van der Waals surface area contributed by atoms with Gasteiger partial charge in [-0.2, -0.15) is 0 Å². The molecule has 0 unspecified atom stereocenters. The number of fused-ring (bicyclic) bond motifs is 2. The molecule has 0 spiro atoms. The Hall–Kier alpha value is -4.24. The Labute approximate surface area is 187 Å². The molecule has 1 aromatic heterocycles. The third kappa shape index (κ3) is 3.68. The van der Waals surface area contributed by atoms with Gasteiger partial charge < -0.3 is 26.0 Å². The predicted molar refractivity (Wildman–Crippen MR) is 121 cm³/mol. The van der Waals surface area contributed by atoms with Crippen LogP contribution < -0.4 is 16.0 Å². The van der Waals surface area contributed by atoms with Crippen molar-refractivity contribution in [1.82, 2.24) is 10.3 Å². The van der Waals surface area contributed by atoms with E-state index in [0.717, 1.165) is 5.69 Å². The molecule has 0 aliphatic carbocycles. The summed E-state index contributed by atoms with van der Waals surface area (Å²) >= 11 is 0. The minimum atomic E-state index is -0.659.